The molecule has 18 heavy (non-hydrogen) atoms. The SMILES string of the molecule is CCCCCCCCCCCCCN.O=S(=O)=O. The first-order valence-corrected chi connectivity index (χ1v) is 8.12. The largest absolute Gasteiger partial charge is 0.425 e. The lowest BCUT2D eigenvalue weighted by Gasteiger charge is -2.01. The first-order chi connectivity index (χ1) is 8.65. The molecule has 0 atom stereocenters. The number of rotatable bonds is 11. The minimum Gasteiger partial charge on any atom is -0.330 e. The van der Waals surface area contributed by atoms with Gasteiger partial charge in [-0.1, -0.05) is 71.1 Å². The molecule has 0 aromatic heterocycles. The molecule has 0 saturated carbocycles. The van der Waals surface area contributed by atoms with Crippen LogP contribution >= 0.6 is 0 Å². The van der Waals surface area contributed by atoms with Crippen molar-refractivity contribution in [1.29, 1.82) is 0 Å². The summed E-state index contributed by atoms with van der Waals surface area (Å²) in [6.45, 7) is 3.15. The lowest BCUT2D eigenvalue weighted by Crippen LogP contribution is -1.97. The summed E-state index contributed by atoms with van der Waals surface area (Å²) in [7, 11) is -3.11. The molecule has 0 aliphatic carbocycles. The van der Waals surface area contributed by atoms with Crippen molar-refractivity contribution in [1.82, 2.24) is 0 Å². The Hall–Kier alpha value is -0.420. The van der Waals surface area contributed by atoms with E-state index < -0.39 is 10.6 Å². The molecule has 0 spiro atoms. The third-order valence-corrected chi connectivity index (χ3v) is 2.81. The first-order valence-electron chi connectivity index (χ1n) is 7.12. The monoisotopic (exact) mass is 279 g/mol. The van der Waals surface area contributed by atoms with Crippen molar-refractivity contribution in [3.63, 3.8) is 0 Å². The molecule has 5 heteroatoms. The Morgan fingerprint density at radius 3 is 1.22 bits per heavy atom. The molecule has 0 aliphatic rings. The number of unbranched alkanes of at least 4 members (excludes halogenated alkanes) is 10. The molecule has 0 bridgehead atoms. The Morgan fingerprint density at radius 1 is 0.667 bits per heavy atom. The van der Waals surface area contributed by atoms with Crippen LogP contribution in [0.15, 0.2) is 0 Å². The van der Waals surface area contributed by atoms with E-state index in [1.54, 1.807) is 0 Å². The van der Waals surface area contributed by atoms with Gasteiger partial charge in [-0.2, -0.15) is 0 Å². The van der Waals surface area contributed by atoms with Crippen molar-refractivity contribution in [3.05, 3.63) is 0 Å². The predicted molar refractivity (Wildman–Crippen MR) is 75.2 cm³/mol. The molecule has 0 aliphatic heterocycles. The van der Waals surface area contributed by atoms with Crippen LogP contribution in [0, 0.1) is 0 Å². The van der Waals surface area contributed by atoms with Gasteiger partial charge in [0.1, 0.15) is 0 Å². The maximum atomic E-state index is 8.44. The first kappa shape index (κ1) is 19.9. The van der Waals surface area contributed by atoms with Gasteiger partial charge in [0.25, 0.3) is 0 Å². The molecule has 0 heterocycles. The molecule has 0 aromatic carbocycles. The van der Waals surface area contributed by atoms with Gasteiger partial charge in [-0.3, -0.25) is 0 Å². The number of nitrogens with two attached hydrogens (primary N) is 1. The third kappa shape index (κ3) is 29.6. The molecule has 0 unspecified atom stereocenters. The topological polar surface area (TPSA) is 77.2 Å². The van der Waals surface area contributed by atoms with Gasteiger partial charge < -0.3 is 5.73 Å². The Kier molecular flexibility index (Phi) is 20.9. The van der Waals surface area contributed by atoms with Crippen LogP contribution in [-0.4, -0.2) is 19.2 Å². The molecule has 0 radical (unpaired) electrons. The van der Waals surface area contributed by atoms with Crippen LogP contribution in [0.5, 0.6) is 0 Å². The third-order valence-electron chi connectivity index (χ3n) is 2.81. The smallest absolute Gasteiger partial charge is 0.330 e. The molecular formula is C13H29NO3S. The summed E-state index contributed by atoms with van der Waals surface area (Å²) >= 11 is 0. The fourth-order valence-corrected chi connectivity index (χ4v) is 1.81. The summed E-state index contributed by atoms with van der Waals surface area (Å²) in [6, 6.07) is 0. The van der Waals surface area contributed by atoms with Crippen molar-refractivity contribution >= 4 is 10.6 Å². The molecule has 4 nitrogen and oxygen atoms in total. The van der Waals surface area contributed by atoms with Gasteiger partial charge in [-0.25, -0.2) is 0 Å². The second-order valence-electron chi connectivity index (χ2n) is 4.53. The van der Waals surface area contributed by atoms with Gasteiger partial charge in [-0.15, -0.1) is 12.6 Å². The van der Waals surface area contributed by atoms with Gasteiger partial charge in [-0.05, 0) is 13.0 Å². The minimum atomic E-state index is -3.11. The van der Waals surface area contributed by atoms with Crippen LogP contribution in [-0.2, 0) is 10.6 Å². The predicted octanol–water partition coefficient (Wildman–Crippen LogP) is 3.25. The maximum absolute atomic E-state index is 8.44. The zero-order chi connectivity index (χ0) is 14.1. The van der Waals surface area contributed by atoms with Crippen molar-refractivity contribution in [2.45, 2.75) is 77.6 Å². The summed E-state index contributed by atoms with van der Waals surface area (Å²) in [5, 5.41) is 0. The van der Waals surface area contributed by atoms with Gasteiger partial charge in [0.05, 0.1) is 0 Å². The van der Waals surface area contributed by atoms with E-state index in [0.29, 0.717) is 0 Å². The molecule has 0 aromatic rings. The molecule has 0 amide bonds. The molecule has 2 N–H and O–H groups in total. The second kappa shape index (κ2) is 18.9. The van der Waals surface area contributed by atoms with E-state index in [-0.39, 0.29) is 0 Å². The quantitative estimate of drug-likeness (QED) is 0.589. The van der Waals surface area contributed by atoms with E-state index in [2.05, 4.69) is 6.92 Å². The average molecular weight is 279 g/mol. The van der Waals surface area contributed by atoms with E-state index in [9.17, 15) is 0 Å². The van der Waals surface area contributed by atoms with Crippen LogP contribution in [0.25, 0.3) is 0 Å². The molecule has 0 fully saturated rings. The van der Waals surface area contributed by atoms with Crippen LogP contribution in [0.2, 0.25) is 0 Å². The fraction of sp³-hybridized carbons (Fsp3) is 1.00. The summed E-state index contributed by atoms with van der Waals surface area (Å²) in [5.74, 6) is 0. The minimum absolute atomic E-state index is 0.872. The summed E-state index contributed by atoms with van der Waals surface area (Å²) < 4.78 is 25.3. The van der Waals surface area contributed by atoms with Gasteiger partial charge in [0, 0.05) is 0 Å². The van der Waals surface area contributed by atoms with Gasteiger partial charge >= 0.3 is 10.6 Å². The van der Waals surface area contributed by atoms with Crippen LogP contribution in [0.1, 0.15) is 77.6 Å². The lowest BCUT2D eigenvalue weighted by atomic mass is 10.1. The average Bonchev–Trinajstić information content (AvgIpc) is 2.31. The highest BCUT2D eigenvalue weighted by Crippen LogP contribution is 2.10. The van der Waals surface area contributed by atoms with E-state index in [1.807, 2.05) is 0 Å². The normalized spacial score (nSPS) is 9.67. The van der Waals surface area contributed by atoms with Crippen LogP contribution in [0.3, 0.4) is 0 Å². The maximum Gasteiger partial charge on any atom is 0.425 e. The van der Waals surface area contributed by atoms with Gasteiger partial charge in [0.2, 0.25) is 0 Å². The second-order valence-corrected chi connectivity index (χ2v) is 4.94. The highest BCUT2D eigenvalue weighted by Gasteiger charge is 1.91. The lowest BCUT2D eigenvalue weighted by molar-refractivity contribution is 0.551. The van der Waals surface area contributed by atoms with E-state index in [1.165, 1.54) is 70.6 Å². The Bertz CT molecular complexity index is 219. The highest BCUT2D eigenvalue weighted by molar-refractivity contribution is 7.59. The van der Waals surface area contributed by atoms with Crippen LogP contribution in [0.4, 0.5) is 0 Å². The fourth-order valence-electron chi connectivity index (χ4n) is 1.81. The number of hydrogen-bond acceptors (Lipinski definition) is 4. The van der Waals surface area contributed by atoms with Crippen LogP contribution < -0.4 is 5.73 Å². The summed E-state index contributed by atoms with van der Waals surface area (Å²) in [6.07, 6.45) is 15.4. The highest BCUT2D eigenvalue weighted by atomic mass is 32.2. The molecule has 0 rings (SSSR count). The zero-order valence-corrected chi connectivity index (χ0v) is 12.5. The van der Waals surface area contributed by atoms with Crippen molar-refractivity contribution in [3.8, 4) is 0 Å². The molecule has 0 saturated heterocycles. The Balaban J connectivity index is 0. The van der Waals surface area contributed by atoms with Crippen molar-refractivity contribution < 1.29 is 12.6 Å². The Labute approximate surface area is 113 Å². The standard InChI is InChI=1S/C13H29N.O3S/c1-2-3-4-5-6-7-8-9-10-11-12-13-14;1-4(2)3/h2-14H2,1H3;. The van der Waals surface area contributed by atoms with E-state index >= 15 is 0 Å². The van der Waals surface area contributed by atoms with E-state index in [0.717, 1.165) is 6.54 Å². The van der Waals surface area contributed by atoms with Crippen molar-refractivity contribution in [2.24, 2.45) is 5.73 Å². The van der Waals surface area contributed by atoms with Gasteiger partial charge in [0.15, 0.2) is 0 Å². The van der Waals surface area contributed by atoms with Crippen molar-refractivity contribution in [2.75, 3.05) is 6.54 Å². The molecular weight excluding hydrogens is 250 g/mol. The summed E-state index contributed by atoms with van der Waals surface area (Å²) in [5.41, 5.74) is 5.44. The molecule has 110 valence electrons. The zero-order valence-electron chi connectivity index (χ0n) is 11.7. The van der Waals surface area contributed by atoms with E-state index in [4.69, 9.17) is 18.4 Å². The Morgan fingerprint density at radius 2 is 0.944 bits per heavy atom. The summed E-state index contributed by atoms with van der Waals surface area (Å²) in [4.78, 5) is 0. The number of hydrogen-bond donors (Lipinski definition) is 1.